The zero-order valence-corrected chi connectivity index (χ0v) is 41.1. The topological polar surface area (TPSA) is 78.9 Å². The van der Waals surface area contributed by atoms with Crippen molar-refractivity contribution in [2.24, 2.45) is 0 Å². The van der Waals surface area contributed by atoms with Crippen molar-refractivity contribution in [2.45, 2.75) is 245 Å². The van der Waals surface area contributed by atoms with Crippen molar-refractivity contribution in [3.63, 3.8) is 0 Å². The third-order valence-corrected chi connectivity index (χ3v) is 10.9. The minimum Gasteiger partial charge on any atom is -0.462 e. The Labute approximate surface area is 388 Å². The Balaban J connectivity index is 4.49. The third-order valence-electron chi connectivity index (χ3n) is 10.9. The molecule has 0 heterocycles. The highest BCUT2D eigenvalue weighted by molar-refractivity contribution is 5.71. The van der Waals surface area contributed by atoms with Crippen LogP contribution in [0.3, 0.4) is 0 Å². The average Bonchev–Trinajstić information content (AvgIpc) is 3.28. The van der Waals surface area contributed by atoms with Crippen LogP contribution in [0.4, 0.5) is 0 Å². The van der Waals surface area contributed by atoms with Gasteiger partial charge in [0.25, 0.3) is 0 Å². The van der Waals surface area contributed by atoms with E-state index in [1.807, 2.05) is 0 Å². The second-order valence-corrected chi connectivity index (χ2v) is 17.0. The summed E-state index contributed by atoms with van der Waals surface area (Å²) in [5.41, 5.74) is 0. The number of allylic oxidation sites excluding steroid dienone is 14. The van der Waals surface area contributed by atoms with E-state index in [0.29, 0.717) is 19.3 Å². The van der Waals surface area contributed by atoms with Crippen LogP contribution in [0.2, 0.25) is 0 Å². The smallest absolute Gasteiger partial charge is 0.306 e. The molecule has 0 rings (SSSR count). The molecule has 0 bridgehead atoms. The lowest BCUT2D eigenvalue weighted by Crippen LogP contribution is -2.30. The summed E-state index contributed by atoms with van der Waals surface area (Å²) in [7, 11) is 0. The minimum atomic E-state index is -0.804. The molecule has 0 amide bonds. The molecule has 360 valence electrons. The second kappa shape index (κ2) is 51.2. The Morgan fingerprint density at radius 1 is 0.333 bits per heavy atom. The van der Waals surface area contributed by atoms with Gasteiger partial charge in [0.1, 0.15) is 13.2 Å². The molecule has 0 radical (unpaired) electrons. The van der Waals surface area contributed by atoms with Gasteiger partial charge in [-0.05, 0) is 116 Å². The van der Waals surface area contributed by atoms with E-state index in [4.69, 9.17) is 14.2 Å². The van der Waals surface area contributed by atoms with E-state index in [2.05, 4.69) is 106 Å². The number of esters is 3. The lowest BCUT2D eigenvalue weighted by atomic mass is 10.1. The van der Waals surface area contributed by atoms with Gasteiger partial charge in [-0.25, -0.2) is 0 Å². The molecule has 0 aliphatic carbocycles. The van der Waals surface area contributed by atoms with Crippen molar-refractivity contribution in [3.8, 4) is 0 Å². The number of carbonyl (C=O) groups excluding carboxylic acids is 3. The molecular weight excluding hydrogens is 781 g/mol. The largest absolute Gasteiger partial charge is 0.462 e. The van der Waals surface area contributed by atoms with Gasteiger partial charge in [-0.15, -0.1) is 0 Å². The maximum Gasteiger partial charge on any atom is 0.306 e. The van der Waals surface area contributed by atoms with Crippen molar-refractivity contribution in [1.29, 1.82) is 0 Å². The third kappa shape index (κ3) is 49.5. The van der Waals surface area contributed by atoms with E-state index in [0.717, 1.165) is 116 Å². The number of hydrogen-bond donors (Lipinski definition) is 0. The summed E-state index contributed by atoms with van der Waals surface area (Å²) in [6.45, 7) is 6.43. The highest BCUT2D eigenvalue weighted by atomic mass is 16.6. The van der Waals surface area contributed by atoms with Crippen LogP contribution >= 0.6 is 0 Å². The molecule has 0 aromatic heterocycles. The van der Waals surface area contributed by atoms with Crippen LogP contribution in [-0.4, -0.2) is 37.2 Å². The van der Waals surface area contributed by atoms with Gasteiger partial charge in [0.2, 0.25) is 0 Å². The molecule has 63 heavy (non-hydrogen) atoms. The van der Waals surface area contributed by atoms with Crippen LogP contribution in [0.1, 0.15) is 239 Å². The lowest BCUT2D eigenvalue weighted by molar-refractivity contribution is -0.167. The van der Waals surface area contributed by atoms with Crippen LogP contribution in [0.5, 0.6) is 0 Å². The molecule has 0 aromatic rings. The van der Waals surface area contributed by atoms with E-state index in [-0.39, 0.29) is 31.1 Å². The maximum absolute atomic E-state index is 12.8. The van der Waals surface area contributed by atoms with Gasteiger partial charge >= 0.3 is 17.9 Å². The summed E-state index contributed by atoms with van der Waals surface area (Å²) in [6.07, 6.45) is 65.6. The first-order valence-corrected chi connectivity index (χ1v) is 26.1. The van der Waals surface area contributed by atoms with Crippen LogP contribution in [0.25, 0.3) is 0 Å². The summed E-state index contributed by atoms with van der Waals surface area (Å²) in [5, 5.41) is 0. The normalized spacial score (nSPS) is 12.7. The van der Waals surface area contributed by atoms with Gasteiger partial charge < -0.3 is 14.2 Å². The predicted molar refractivity (Wildman–Crippen MR) is 270 cm³/mol. The zero-order valence-electron chi connectivity index (χ0n) is 41.1. The number of hydrogen-bond acceptors (Lipinski definition) is 6. The Bertz CT molecular complexity index is 1240. The fourth-order valence-electron chi connectivity index (χ4n) is 6.93. The number of rotatable bonds is 46. The van der Waals surface area contributed by atoms with Gasteiger partial charge in [0.05, 0.1) is 0 Å². The van der Waals surface area contributed by atoms with Crippen LogP contribution < -0.4 is 0 Å². The molecule has 0 aliphatic heterocycles. The van der Waals surface area contributed by atoms with Crippen LogP contribution in [-0.2, 0) is 28.6 Å². The average molecular weight is 877 g/mol. The van der Waals surface area contributed by atoms with Crippen molar-refractivity contribution in [1.82, 2.24) is 0 Å². The maximum atomic E-state index is 12.8. The van der Waals surface area contributed by atoms with Crippen molar-refractivity contribution < 1.29 is 28.6 Å². The van der Waals surface area contributed by atoms with Gasteiger partial charge in [-0.2, -0.15) is 0 Å². The van der Waals surface area contributed by atoms with Gasteiger partial charge in [-0.3, -0.25) is 14.4 Å². The Morgan fingerprint density at radius 3 is 1.05 bits per heavy atom. The first-order valence-electron chi connectivity index (χ1n) is 26.1. The summed E-state index contributed by atoms with van der Waals surface area (Å²) >= 11 is 0. The molecule has 0 aromatic carbocycles. The summed E-state index contributed by atoms with van der Waals surface area (Å²) < 4.78 is 16.8. The second-order valence-electron chi connectivity index (χ2n) is 17.0. The molecule has 1 atom stereocenters. The summed E-state index contributed by atoms with van der Waals surface area (Å²) in [6, 6.07) is 0. The van der Waals surface area contributed by atoms with Crippen molar-refractivity contribution in [2.75, 3.05) is 13.2 Å². The molecule has 0 N–H and O–H groups in total. The predicted octanol–water partition coefficient (Wildman–Crippen LogP) is 17.2. The number of ether oxygens (including phenoxy) is 3. The van der Waals surface area contributed by atoms with Gasteiger partial charge in [0.15, 0.2) is 6.10 Å². The lowest BCUT2D eigenvalue weighted by Gasteiger charge is -2.18. The van der Waals surface area contributed by atoms with Gasteiger partial charge in [0, 0.05) is 19.3 Å². The summed E-state index contributed by atoms with van der Waals surface area (Å²) in [5.74, 6) is -0.966. The Hall–Kier alpha value is -3.41. The highest BCUT2D eigenvalue weighted by Crippen LogP contribution is 2.13. The Morgan fingerprint density at radius 2 is 0.619 bits per heavy atom. The van der Waals surface area contributed by atoms with Crippen molar-refractivity contribution in [3.05, 3.63) is 85.1 Å². The molecule has 6 nitrogen and oxygen atoms in total. The molecule has 0 saturated heterocycles. The quantitative estimate of drug-likeness (QED) is 0.0262. The van der Waals surface area contributed by atoms with E-state index < -0.39 is 6.10 Å². The van der Waals surface area contributed by atoms with E-state index in [1.165, 1.54) is 83.5 Å². The Kier molecular flexibility index (Phi) is 48.5. The molecule has 0 fully saturated rings. The molecule has 0 spiro atoms. The highest BCUT2D eigenvalue weighted by Gasteiger charge is 2.19. The molecule has 0 aliphatic rings. The number of unbranched alkanes of at least 4 members (excludes halogenated alkanes) is 21. The first-order chi connectivity index (χ1) is 31.0. The van der Waals surface area contributed by atoms with E-state index in [1.54, 1.807) is 0 Å². The molecule has 6 heteroatoms. The van der Waals surface area contributed by atoms with Crippen LogP contribution in [0, 0.1) is 0 Å². The zero-order chi connectivity index (χ0) is 45.8. The van der Waals surface area contributed by atoms with Gasteiger partial charge in [-0.1, -0.05) is 189 Å². The first kappa shape index (κ1) is 59.6. The van der Waals surface area contributed by atoms with E-state index >= 15 is 0 Å². The standard InChI is InChI=1S/C57H96O6/c1-4-7-10-13-16-19-22-25-28-31-34-37-40-43-46-49-55(58)61-52-54(63-57(60)51-48-45-42-39-36-33-30-27-24-21-18-15-12-9-6-3)53-62-56(59)50-47-44-41-38-35-32-29-26-23-20-17-14-11-8-5-2/h7,10,16,18-19,21,25-30,34,37,54H,4-6,8-9,11-15,17,20,22-24,31-33,35-36,38-53H2,1-3H3/b10-7-,19-16-,21-18-,28-25-,29-26-,30-27-,37-34-. The fourth-order valence-corrected chi connectivity index (χ4v) is 6.93. The fraction of sp³-hybridized carbons (Fsp3) is 0.702. The van der Waals surface area contributed by atoms with Crippen LogP contribution in [0.15, 0.2) is 85.1 Å². The van der Waals surface area contributed by atoms with Crippen molar-refractivity contribution >= 4 is 17.9 Å². The SMILES string of the molecule is CC/C=C\C/C=C\C/C=C\C/C=C\CCCCC(=O)OCC(COC(=O)CCCCCCC/C=C\CCCCCCCC)OC(=O)CCCCCCC/C=C\C/C=C\CCCCC. The number of carbonyl (C=O) groups is 3. The molecule has 1 unspecified atom stereocenters. The molecular formula is C57H96O6. The monoisotopic (exact) mass is 877 g/mol. The molecule has 0 saturated carbocycles. The minimum absolute atomic E-state index is 0.100. The van der Waals surface area contributed by atoms with E-state index in [9.17, 15) is 14.4 Å². The summed E-state index contributed by atoms with van der Waals surface area (Å²) in [4.78, 5) is 38.0.